The van der Waals surface area contributed by atoms with E-state index in [-0.39, 0.29) is 24.8 Å². The predicted molar refractivity (Wildman–Crippen MR) is 115 cm³/mol. The maximum atomic E-state index is 13.8. The van der Waals surface area contributed by atoms with E-state index in [4.69, 9.17) is 0 Å². The average Bonchev–Trinajstić information content (AvgIpc) is 3.02. The summed E-state index contributed by atoms with van der Waals surface area (Å²) in [5, 5.41) is 14.2. The molecule has 1 aliphatic heterocycles. The highest BCUT2D eigenvalue weighted by Gasteiger charge is 2.47. The first-order valence-electron chi connectivity index (χ1n) is 9.39. The second-order valence-corrected chi connectivity index (χ2v) is 10.6. The lowest BCUT2D eigenvalue weighted by Gasteiger charge is -2.32. The molecule has 2 aliphatic rings. The molecule has 4 rings (SSSR count). The number of carbonyl (C=O) groups excluding carboxylic acids is 1. The van der Waals surface area contributed by atoms with Gasteiger partial charge in [-0.1, -0.05) is 24.3 Å². The monoisotopic (exact) mass is 479 g/mol. The zero-order chi connectivity index (χ0) is 20.8. The van der Waals surface area contributed by atoms with Crippen LogP contribution in [0.25, 0.3) is 10.9 Å². The third-order valence-corrected chi connectivity index (χ3v) is 8.66. The van der Waals surface area contributed by atoms with Crippen molar-refractivity contribution in [1.29, 1.82) is 0 Å². The van der Waals surface area contributed by atoms with E-state index in [0.29, 0.717) is 28.8 Å². The van der Waals surface area contributed by atoms with Gasteiger partial charge >= 0.3 is 6.03 Å². The van der Waals surface area contributed by atoms with Crippen LogP contribution >= 0.6 is 15.9 Å². The van der Waals surface area contributed by atoms with Gasteiger partial charge in [0, 0.05) is 18.5 Å². The van der Waals surface area contributed by atoms with Crippen LogP contribution in [0.3, 0.4) is 0 Å². The number of nitrogens with one attached hydrogen (secondary N) is 1. The number of aliphatic hydroxyl groups excluding tert-OH is 1. The summed E-state index contributed by atoms with van der Waals surface area (Å²) in [6.45, 7) is 3.01. The molecule has 2 aromatic rings. The van der Waals surface area contributed by atoms with Crippen molar-refractivity contribution in [2.45, 2.75) is 31.1 Å². The Balaban J connectivity index is 1.79. The van der Waals surface area contributed by atoms with Gasteiger partial charge in [0.15, 0.2) is 0 Å². The Morgan fingerprint density at radius 3 is 2.72 bits per heavy atom. The van der Waals surface area contributed by atoms with Crippen molar-refractivity contribution in [3.63, 3.8) is 0 Å². The van der Waals surface area contributed by atoms with Crippen LogP contribution < -0.4 is 5.32 Å². The number of urea groups is 1. The lowest BCUT2D eigenvalue weighted by atomic mass is 10.00. The van der Waals surface area contributed by atoms with E-state index in [1.54, 1.807) is 35.3 Å². The van der Waals surface area contributed by atoms with Crippen LogP contribution in [0, 0.1) is 0 Å². The minimum Gasteiger partial charge on any atom is -0.509 e. The van der Waals surface area contributed by atoms with Gasteiger partial charge in [0.25, 0.3) is 10.0 Å². The summed E-state index contributed by atoms with van der Waals surface area (Å²) < 4.78 is 27.7. The number of hydrogen-bond acceptors (Lipinski definition) is 4. The fourth-order valence-electron chi connectivity index (χ4n) is 3.64. The van der Waals surface area contributed by atoms with Crippen molar-refractivity contribution in [3.8, 4) is 0 Å². The fraction of sp³-hybridized carbons (Fsp3) is 0.350. The van der Waals surface area contributed by atoms with Gasteiger partial charge in [0.1, 0.15) is 10.5 Å². The molecule has 1 aromatic carbocycles. The number of carbonyl (C=O) groups is 1. The molecule has 1 unspecified atom stereocenters. The van der Waals surface area contributed by atoms with Gasteiger partial charge < -0.3 is 15.3 Å². The molecule has 0 bridgehead atoms. The molecule has 0 saturated carbocycles. The lowest BCUT2D eigenvalue weighted by Crippen LogP contribution is -2.48. The molecule has 0 radical (unpaired) electrons. The minimum atomic E-state index is -4.05. The zero-order valence-electron chi connectivity index (χ0n) is 15.9. The molecule has 2 N–H and O–H groups in total. The number of aliphatic hydroxyl groups is 1. The fourth-order valence-corrected chi connectivity index (χ4v) is 6.31. The van der Waals surface area contributed by atoms with E-state index in [9.17, 15) is 18.3 Å². The molecule has 7 nitrogen and oxygen atoms in total. The molecule has 1 saturated heterocycles. The smallest absolute Gasteiger partial charge is 0.317 e. The number of rotatable bonds is 4. The molecular weight excluding hydrogens is 458 g/mol. The summed E-state index contributed by atoms with van der Waals surface area (Å²) in [6.07, 6.45) is 4.49. The molecule has 154 valence electrons. The van der Waals surface area contributed by atoms with Crippen LogP contribution in [0.5, 0.6) is 0 Å². The summed E-state index contributed by atoms with van der Waals surface area (Å²) in [5.74, 6) is -0.228. The average molecular weight is 480 g/mol. The van der Waals surface area contributed by atoms with Gasteiger partial charge in [-0.05, 0) is 53.9 Å². The van der Waals surface area contributed by atoms with Gasteiger partial charge in [-0.3, -0.25) is 0 Å². The first kappa shape index (κ1) is 20.0. The SMILES string of the molecule is CC1(S(=O)(=O)n2c(CNC(=O)N3CCC3)cc3ccccc32)CC=CC(Br)=C1O. The highest BCUT2D eigenvalue weighted by atomic mass is 79.9. The van der Waals surface area contributed by atoms with E-state index in [0.717, 1.165) is 11.8 Å². The Bertz CT molecular complexity index is 1150. The first-order valence-corrected chi connectivity index (χ1v) is 11.6. The number of halogens is 1. The summed E-state index contributed by atoms with van der Waals surface area (Å²) in [4.78, 5) is 13.9. The van der Waals surface area contributed by atoms with Crippen molar-refractivity contribution in [2.75, 3.05) is 13.1 Å². The number of aromatic nitrogens is 1. The Labute approximate surface area is 177 Å². The normalized spacial score (nSPS) is 22.1. The van der Waals surface area contributed by atoms with Gasteiger partial charge in [-0.2, -0.15) is 0 Å². The van der Waals surface area contributed by atoms with Crippen LogP contribution in [-0.4, -0.2) is 46.3 Å². The highest BCUT2D eigenvalue weighted by Crippen LogP contribution is 2.39. The summed E-state index contributed by atoms with van der Waals surface area (Å²) >= 11 is 3.24. The van der Waals surface area contributed by atoms with E-state index in [1.165, 1.54) is 10.9 Å². The van der Waals surface area contributed by atoms with E-state index in [2.05, 4.69) is 21.2 Å². The van der Waals surface area contributed by atoms with E-state index >= 15 is 0 Å². The number of hydrogen-bond donors (Lipinski definition) is 2. The molecule has 1 aromatic heterocycles. The lowest BCUT2D eigenvalue weighted by molar-refractivity contribution is 0.167. The Kier molecular flexibility index (Phi) is 4.98. The molecule has 1 atom stereocenters. The number of para-hydroxylation sites is 1. The third-order valence-electron chi connectivity index (χ3n) is 5.61. The molecule has 1 fully saturated rings. The van der Waals surface area contributed by atoms with Crippen LogP contribution in [-0.2, 0) is 16.6 Å². The van der Waals surface area contributed by atoms with Gasteiger partial charge in [0.2, 0.25) is 0 Å². The quantitative estimate of drug-likeness (QED) is 0.700. The molecule has 1 aliphatic carbocycles. The van der Waals surface area contributed by atoms with Crippen molar-refractivity contribution in [2.24, 2.45) is 0 Å². The van der Waals surface area contributed by atoms with Crippen molar-refractivity contribution >= 4 is 42.9 Å². The standard InChI is InChI=1S/C20H22BrN3O4S/c1-20(9-4-7-16(21)18(20)25)29(27,28)24-15(12-14-6-2-3-8-17(14)24)13-22-19(26)23-10-5-11-23/h2-4,6-8,12,25H,5,9-11,13H2,1H3,(H,22,26). The van der Waals surface area contributed by atoms with Crippen molar-refractivity contribution in [3.05, 3.63) is 58.4 Å². The third kappa shape index (κ3) is 3.16. The minimum absolute atomic E-state index is 0.0702. The Morgan fingerprint density at radius 1 is 1.31 bits per heavy atom. The van der Waals surface area contributed by atoms with Gasteiger partial charge in [0.05, 0.1) is 22.2 Å². The first-order chi connectivity index (χ1) is 13.8. The molecule has 29 heavy (non-hydrogen) atoms. The second kappa shape index (κ2) is 7.21. The molecule has 2 amide bonds. The van der Waals surface area contributed by atoms with Gasteiger partial charge in [-0.25, -0.2) is 17.2 Å². The number of likely N-dealkylation sites (tertiary alicyclic amines) is 1. The number of amides is 2. The predicted octanol–water partition coefficient (Wildman–Crippen LogP) is 3.62. The molecule has 2 heterocycles. The summed E-state index contributed by atoms with van der Waals surface area (Å²) in [5.41, 5.74) is 0.958. The maximum absolute atomic E-state index is 13.8. The molecule has 0 spiro atoms. The zero-order valence-corrected chi connectivity index (χ0v) is 18.3. The van der Waals surface area contributed by atoms with Crippen LogP contribution in [0.2, 0.25) is 0 Å². The van der Waals surface area contributed by atoms with Crippen molar-refractivity contribution in [1.82, 2.24) is 14.2 Å². The van der Waals surface area contributed by atoms with Crippen LogP contribution in [0.1, 0.15) is 25.5 Å². The number of nitrogens with zero attached hydrogens (tertiary/aromatic N) is 2. The maximum Gasteiger partial charge on any atom is 0.317 e. The van der Waals surface area contributed by atoms with Crippen molar-refractivity contribution < 1.29 is 18.3 Å². The Morgan fingerprint density at radius 2 is 2.03 bits per heavy atom. The number of allylic oxidation sites excluding steroid dienone is 3. The number of benzene rings is 1. The number of fused-ring (bicyclic) bond motifs is 1. The van der Waals surface area contributed by atoms with Crippen LogP contribution in [0.15, 0.2) is 52.7 Å². The summed E-state index contributed by atoms with van der Waals surface area (Å²) in [6, 6.07) is 8.72. The molecular formula is C20H22BrN3O4S. The second-order valence-electron chi connectivity index (χ2n) is 7.50. The highest BCUT2D eigenvalue weighted by molar-refractivity contribution is 9.11. The van der Waals surface area contributed by atoms with E-state index in [1.807, 2.05) is 12.1 Å². The molecule has 9 heteroatoms. The summed E-state index contributed by atoms with van der Waals surface area (Å²) in [7, 11) is -4.05. The topological polar surface area (TPSA) is 91.6 Å². The van der Waals surface area contributed by atoms with Gasteiger partial charge in [-0.15, -0.1) is 0 Å². The largest absolute Gasteiger partial charge is 0.509 e. The van der Waals surface area contributed by atoms with E-state index < -0.39 is 14.8 Å². The Hall–Kier alpha value is -2.26. The van der Waals surface area contributed by atoms with Crippen LogP contribution in [0.4, 0.5) is 4.79 Å².